The fourth-order valence-corrected chi connectivity index (χ4v) is 3.85. The third-order valence-electron chi connectivity index (χ3n) is 4.77. The first kappa shape index (κ1) is 14.0. The van der Waals surface area contributed by atoms with Crippen LogP contribution in [0.3, 0.4) is 0 Å². The van der Waals surface area contributed by atoms with E-state index in [9.17, 15) is 5.11 Å². The Morgan fingerprint density at radius 1 is 1.50 bits per heavy atom. The van der Waals surface area contributed by atoms with Crippen LogP contribution in [0.5, 0.6) is 0 Å². The van der Waals surface area contributed by atoms with Crippen LogP contribution < -0.4 is 5.32 Å². The average molecular weight is 278 g/mol. The Kier molecular flexibility index (Phi) is 3.84. The SMILES string of the molecule is CC(C)NC1(CO)CCC(N2CCn3ccnc3C2)C1. The van der Waals surface area contributed by atoms with E-state index < -0.39 is 0 Å². The zero-order chi connectivity index (χ0) is 14.2. The van der Waals surface area contributed by atoms with Crippen LogP contribution in [-0.2, 0) is 13.1 Å². The lowest BCUT2D eigenvalue weighted by atomic mass is 9.97. The van der Waals surface area contributed by atoms with Gasteiger partial charge in [0.1, 0.15) is 5.82 Å². The van der Waals surface area contributed by atoms with Crippen molar-refractivity contribution in [1.82, 2.24) is 19.8 Å². The van der Waals surface area contributed by atoms with Crippen molar-refractivity contribution in [2.45, 2.75) is 63.8 Å². The number of aliphatic hydroxyl groups excluding tert-OH is 1. The van der Waals surface area contributed by atoms with Crippen molar-refractivity contribution in [2.75, 3.05) is 13.2 Å². The highest BCUT2D eigenvalue weighted by Gasteiger charge is 2.41. The van der Waals surface area contributed by atoms with E-state index in [2.05, 4.69) is 39.8 Å². The molecular formula is C15H26N4O. The molecule has 5 nitrogen and oxygen atoms in total. The van der Waals surface area contributed by atoms with E-state index in [1.54, 1.807) is 0 Å². The maximum absolute atomic E-state index is 9.81. The molecule has 2 heterocycles. The molecule has 1 aliphatic carbocycles. The third-order valence-corrected chi connectivity index (χ3v) is 4.77. The molecule has 0 bridgehead atoms. The standard InChI is InChI=1S/C15H26N4O/c1-12(2)17-15(11-20)4-3-13(9-15)19-8-7-18-6-5-16-14(18)10-19/h5-6,12-13,17,20H,3-4,7-11H2,1-2H3. The highest BCUT2D eigenvalue weighted by Crippen LogP contribution is 2.34. The lowest BCUT2D eigenvalue weighted by Gasteiger charge is -2.35. The second kappa shape index (κ2) is 5.47. The van der Waals surface area contributed by atoms with Crippen molar-refractivity contribution >= 4 is 0 Å². The molecule has 0 saturated heterocycles. The summed E-state index contributed by atoms with van der Waals surface area (Å²) in [4.78, 5) is 6.98. The van der Waals surface area contributed by atoms with Gasteiger partial charge in [0, 0.05) is 43.1 Å². The van der Waals surface area contributed by atoms with Gasteiger partial charge in [-0.25, -0.2) is 4.98 Å². The number of aliphatic hydroxyl groups is 1. The van der Waals surface area contributed by atoms with Gasteiger partial charge < -0.3 is 15.0 Å². The highest BCUT2D eigenvalue weighted by molar-refractivity contribution is 5.03. The normalized spacial score (nSPS) is 30.9. The molecule has 1 aromatic heterocycles. The number of hydrogen-bond donors (Lipinski definition) is 2. The molecule has 3 rings (SSSR count). The van der Waals surface area contributed by atoms with Gasteiger partial charge in [-0.05, 0) is 19.3 Å². The van der Waals surface area contributed by atoms with Gasteiger partial charge in [-0.2, -0.15) is 0 Å². The minimum Gasteiger partial charge on any atom is -0.394 e. The van der Waals surface area contributed by atoms with Gasteiger partial charge in [0.25, 0.3) is 0 Å². The van der Waals surface area contributed by atoms with E-state index in [4.69, 9.17) is 0 Å². The van der Waals surface area contributed by atoms with Crippen LogP contribution in [-0.4, -0.2) is 50.3 Å². The van der Waals surface area contributed by atoms with E-state index in [0.29, 0.717) is 12.1 Å². The molecule has 2 N–H and O–H groups in total. The lowest BCUT2D eigenvalue weighted by molar-refractivity contribution is 0.120. The van der Waals surface area contributed by atoms with E-state index in [1.807, 2.05) is 6.20 Å². The Morgan fingerprint density at radius 2 is 2.35 bits per heavy atom. The van der Waals surface area contributed by atoms with Gasteiger partial charge in [-0.3, -0.25) is 4.90 Å². The van der Waals surface area contributed by atoms with Crippen LogP contribution in [0.4, 0.5) is 0 Å². The zero-order valence-electron chi connectivity index (χ0n) is 12.5. The van der Waals surface area contributed by atoms with Crippen molar-refractivity contribution < 1.29 is 5.11 Å². The molecule has 0 aromatic carbocycles. The summed E-state index contributed by atoms with van der Waals surface area (Å²) in [5.74, 6) is 1.18. The first-order valence-corrected chi connectivity index (χ1v) is 7.74. The Bertz CT molecular complexity index is 458. The topological polar surface area (TPSA) is 53.3 Å². The van der Waals surface area contributed by atoms with E-state index in [-0.39, 0.29) is 12.1 Å². The van der Waals surface area contributed by atoms with Crippen molar-refractivity contribution in [3.63, 3.8) is 0 Å². The number of nitrogens with one attached hydrogen (secondary N) is 1. The van der Waals surface area contributed by atoms with Crippen LogP contribution in [0.2, 0.25) is 0 Å². The van der Waals surface area contributed by atoms with Crippen molar-refractivity contribution in [3.05, 3.63) is 18.2 Å². The molecule has 0 amide bonds. The van der Waals surface area contributed by atoms with Gasteiger partial charge in [0.15, 0.2) is 0 Å². The summed E-state index contributed by atoms with van der Waals surface area (Å²) in [5, 5.41) is 13.4. The van der Waals surface area contributed by atoms with E-state index >= 15 is 0 Å². The number of nitrogens with zero attached hydrogens (tertiary/aromatic N) is 3. The van der Waals surface area contributed by atoms with Crippen molar-refractivity contribution in [1.29, 1.82) is 0 Å². The first-order chi connectivity index (χ1) is 9.62. The maximum Gasteiger partial charge on any atom is 0.122 e. The maximum atomic E-state index is 9.81. The van der Waals surface area contributed by atoms with Crippen LogP contribution in [0.15, 0.2) is 12.4 Å². The predicted molar refractivity (Wildman–Crippen MR) is 78.4 cm³/mol. The van der Waals surface area contributed by atoms with Crippen molar-refractivity contribution in [3.8, 4) is 0 Å². The Hall–Kier alpha value is -0.910. The number of fused-ring (bicyclic) bond motifs is 1. The highest BCUT2D eigenvalue weighted by atomic mass is 16.3. The lowest BCUT2D eigenvalue weighted by Crippen LogP contribution is -2.51. The summed E-state index contributed by atoms with van der Waals surface area (Å²) < 4.78 is 2.25. The molecule has 1 aliphatic heterocycles. The second-order valence-corrected chi connectivity index (χ2v) is 6.64. The van der Waals surface area contributed by atoms with Crippen molar-refractivity contribution in [2.24, 2.45) is 0 Å². The Balaban J connectivity index is 1.65. The van der Waals surface area contributed by atoms with Crippen LogP contribution in [0.1, 0.15) is 38.9 Å². The fourth-order valence-electron chi connectivity index (χ4n) is 3.85. The van der Waals surface area contributed by atoms with Gasteiger partial charge in [-0.1, -0.05) is 13.8 Å². The fraction of sp³-hybridized carbons (Fsp3) is 0.800. The molecule has 0 radical (unpaired) electrons. The number of rotatable bonds is 4. The minimum atomic E-state index is -0.0777. The average Bonchev–Trinajstić information content (AvgIpc) is 3.04. The zero-order valence-corrected chi connectivity index (χ0v) is 12.5. The quantitative estimate of drug-likeness (QED) is 0.862. The molecule has 2 unspecified atom stereocenters. The van der Waals surface area contributed by atoms with E-state index in [0.717, 1.165) is 32.5 Å². The van der Waals surface area contributed by atoms with E-state index in [1.165, 1.54) is 12.2 Å². The summed E-state index contributed by atoms with van der Waals surface area (Å²) in [6.07, 6.45) is 7.24. The number of aromatic nitrogens is 2. The van der Waals surface area contributed by atoms with Gasteiger partial charge in [0.2, 0.25) is 0 Å². The molecule has 5 heteroatoms. The molecule has 2 atom stereocenters. The molecule has 20 heavy (non-hydrogen) atoms. The van der Waals surface area contributed by atoms with Crippen LogP contribution >= 0.6 is 0 Å². The Labute approximate surface area is 121 Å². The molecule has 1 saturated carbocycles. The number of imidazole rings is 1. The van der Waals surface area contributed by atoms with Gasteiger partial charge in [-0.15, -0.1) is 0 Å². The smallest absolute Gasteiger partial charge is 0.122 e. The first-order valence-electron chi connectivity index (χ1n) is 7.74. The van der Waals surface area contributed by atoms with Crippen LogP contribution in [0.25, 0.3) is 0 Å². The largest absolute Gasteiger partial charge is 0.394 e. The molecule has 0 spiro atoms. The summed E-state index contributed by atoms with van der Waals surface area (Å²) >= 11 is 0. The van der Waals surface area contributed by atoms with Gasteiger partial charge >= 0.3 is 0 Å². The molecule has 1 fully saturated rings. The number of hydrogen-bond acceptors (Lipinski definition) is 4. The summed E-state index contributed by atoms with van der Waals surface area (Å²) in [7, 11) is 0. The summed E-state index contributed by atoms with van der Waals surface area (Å²) in [5.41, 5.74) is -0.0777. The molecule has 1 aromatic rings. The molecule has 112 valence electrons. The Morgan fingerprint density at radius 3 is 3.10 bits per heavy atom. The predicted octanol–water partition coefficient (Wildman–Crippen LogP) is 0.980. The minimum absolute atomic E-state index is 0.0777. The molecule has 2 aliphatic rings. The second-order valence-electron chi connectivity index (χ2n) is 6.64. The molecular weight excluding hydrogens is 252 g/mol. The van der Waals surface area contributed by atoms with Crippen LogP contribution in [0, 0.1) is 0 Å². The third kappa shape index (κ3) is 2.62. The summed E-state index contributed by atoms with van der Waals surface area (Å²) in [6, 6.07) is 0.986. The van der Waals surface area contributed by atoms with Gasteiger partial charge in [0.05, 0.1) is 13.2 Å². The monoisotopic (exact) mass is 278 g/mol. The summed E-state index contributed by atoms with van der Waals surface area (Å²) in [6.45, 7) is 7.63.